The summed E-state index contributed by atoms with van der Waals surface area (Å²) in [7, 11) is -1.56. The number of carbonyl (C=O) groups excluding carboxylic acids is 1. The van der Waals surface area contributed by atoms with Crippen molar-refractivity contribution in [1.29, 1.82) is 0 Å². The summed E-state index contributed by atoms with van der Waals surface area (Å²) in [6.07, 6.45) is 3.46. The van der Waals surface area contributed by atoms with Gasteiger partial charge in [-0.15, -0.1) is 0 Å². The van der Waals surface area contributed by atoms with Crippen LogP contribution < -0.4 is 15.4 Å². The Balaban J connectivity index is 1.67. The van der Waals surface area contributed by atoms with Gasteiger partial charge in [0.2, 0.25) is 15.9 Å². The van der Waals surface area contributed by atoms with Crippen molar-refractivity contribution in [3.8, 4) is 0 Å². The highest BCUT2D eigenvalue weighted by Gasteiger charge is 2.22. The quantitative estimate of drug-likeness (QED) is 0.343. The van der Waals surface area contributed by atoms with Gasteiger partial charge in [-0.05, 0) is 32.6 Å². The summed E-state index contributed by atoms with van der Waals surface area (Å²) in [5, 5.41) is 6.06. The van der Waals surface area contributed by atoms with Crippen LogP contribution in [0.1, 0.15) is 33.1 Å². The Morgan fingerprint density at radius 3 is 2.39 bits per heavy atom. The lowest BCUT2D eigenvalue weighted by Gasteiger charge is -2.36. The SMILES string of the molecule is CN=C(NCCS(=O)(=O)NCC1CCC1)N1CCN(CC(=O)NC(C)C)CC1. The zero-order chi connectivity index (χ0) is 20.6. The minimum atomic E-state index is -3.26. The summed E-state index contributed by atoms with van der Waals surface area (Å²) in [6.45, 7) is 8.24. The van der Waals surface area contributed by atoms with Crippen molar-refractivity contribution < 1.29 is 13.2 Å². The van der Waals surface area contributed by atoms with Crippen LogP contribution in [0, 0.1) is 5.92 Å². The maximum Gasteiger partial charge on any atom is 0.234 e. The summed E-state index contributed by atoms with van der Waals surface area (Å²) < 4.78 is 26.9. The fourth-order valence-electron chi connectivity index (χ4n) is 3.33. The third kappa shape index (κ3) is 7.92. The van der Waals surface area contributed by atoms with Gasteiger partial charge in [-0.25, -0.2) is 13.1 Å². The predicted molar refractivity (Wildman–Crippen MR) is 112 cm³/mol. The average molecular weight is 417 g/mol. The van der Waals surface area contributed by atoms with Gasteiger partial charge in [-0.1, -0.05) is 6.42 Å². The summed E-state index contributed by atoms with van der Waals surface area (Å²) in [5.41, 5.74) is 0. The number of sulfonamides is 1. The Morgan fingerprint density at radius 1 is 1.18 bits per heavy atom. The van der Waals surface area contributed by atoms with Gasteiger partial charge in [0, 0.05) is 52.4 Å². The lowest BCUT2D eigenvalue weighted by Crippen LogP contribution is -2.54. The lowest BCUT2D eigenvalue weighted by molar-refractivity contribution is -0.123. The van der Waals surface area contributed by atoms with E-state index in [1.54, 1.807) is 7.05 Å². The Morgan fingerprint density at radius 2 is 1.86 bits per heavy atom. The minimum absolute atomic E-state index is 0.0358. The Kier molecular flexibility index (Phi) is 8.97. The molecule has 1 saturated heterocycles. The second kappa shape index (κ2) is 11.0. The number of rotatable bonds is 9. The standard InChI is InChI=1S/C18H36N6O3S/c1-15(2)22-17(25)14-23-8-10-24(11-9-23)18(19-3)20-7-12-28(26,27)21-13-16-5-4-6-16/h15-16,21H,4-14H2,1-3H3,(H,19,20)(H,22,25). The number of carbonyl (C=O) groups is 1. The van der Waals surface area contributed by atoms with Crippen molar-refractivity contribution in [3.63, 3.8) is 0 Å². The van der Waals surface area contributed by atoms with Crippen molar-refractivity contribution in [2.75, 3.05) is 58.6 Å². The zero-order valence-electron chi connectivity index (χ0n) is 17.4. The van der Waals surface area contributed by atoms with Crippen LogP contribution in [0.4, 0.5) is 0 Å². The molecule has 1 amide bonds. The summed E-state index contributed by atoms with van der Waals surface area (Å²) in [4.78, 5) is 20.4. The van der Waals surface area contributed by atoms with Crippen LogP contribution in [0.5, 0.6) is 0 Å². The van der Waals surface area contributed by atoms with Crippen molar-refractivity contribution in [1.82, 2.24) is 25.2 Å². The van der Waals surface area contributed by atoms with E-state index in [-0.39, 0.29) is 17.7 Å². The highest BCUT2D eigenvalue weighted by Crippen LogP contribution is 2.25. The Labute approximate surface area is 169 Å². The van der Waals surface area contributed by atoms with Gasteiger partial charge in [0.05, 0.1) is 12.3 Å². The van der Waals surface area contributed by atoms with Crippen LogP contribution in [0.25, 0.3) is 0 Å². The molecule has 0 aromatic carbocycles. The highest BCUT2D eigenvalue weighted by atomic mass is 32.2. The van der Waals surface area contributed by atoms with Gasteiger partial charge < -0.3 is 15.5 Å². The van der Waals surface area contributed by atoms with E-state index < -0.39 is 10.0 Å². The molecule has 0 unspecified atom stereocenters. The van der Waals surface area contributed by atoms with Crippen molar-refractivity contribution in [2.24, 2.45) is 10.9 Å². The number of nitrogens with zero attached hydrogens (tertiary/aromatic N) is 3. The summed E-state index contributed by atoms with van der Waals surface area (Å²) in [5.74, 6) is 1.30. The topological polar surface area (TPSA) is 106 Å². The monoisotopic (exact) mass is 416 g/mol. The second-order valence-electron chi connectivity index (χ2n) is 7.92. The predicted octanol–water partition coefficient (Wildman–Crippen LogP) is -0.576. The molecule has 1 saturated carbocycles. The second-order valence-corrected chi connectivity index (χ2v) is 9.85. The molecule has 1 aliphatic carbocycles. The first kappa shape index (κ1) is 22.9. The Bertz CT molecular complexity index is 625. The van der Waals surface area contributed by atoms with E-state index in [1.165, 1.54) is 6.42 Å². The van der Waals surface area contributed by atoms with E-state index in [0.717, 1.165) is 39.0 Å². The zero-order valence-corrected chi connectivity index (χ0v) is 18.2. The molecule has 0 aromatic rings. The van der Waals surface area contributed by atoms with E-state index in [2.05, 4.69) is 30.1 Å². The van der Waals surface area contributed by atoms with Gasteiger partial charge >= 0.3 is 0 Å². The molecule has 0 spiro atoms. The van der Waals surface area contributed by atoms with E-state index >= 15 is 0 Å². The largest absolute Gasteiger partial charge is 0.355 e. The summed E-state index contributed by atoms with van der Waals surface area (Å²) in [6, 6.07) is 0.149. The van der Waals surface area contributed by atoms with Crippen molar-refractivity contribution in [2.45, 2.75) is 39.2 Å². The average Bonchev–Trinajstić information content (AvgIpc) is 2.57. The molecular formula is C18H36N6O3S. The molecule has 2 aliphatic rings. The van der Waals surface area contributed by atoms with Gasteiger partial charge in [-0.3, -0.25) is 14.7 Å². The normalized spacial score (nSPS) is 19.6. The first-order valence-electron chi connectivity index (χ1n) is 10.2. The fraction of sp³-hybridized carbons (Fsp3) is 0.889. The van der Waals surface area contributed by atoms with Crippen LogP contribution in [-0.2, 0) is 14.8 Å². The molecule has 2 fully saturated rings. The third-order valence-electron chi connectivity index (χ3n) is 5.17. The third-order valence-corrected chi connectivity index (χ3v) is 6.52. The summed E-state index contributed by atoms with van der Waals surface area (Å²) >= 11 is 0. The molecule has 0 atom stereocenters. The van der Waals surface area contributed by atoms with E-state index in [0.29, 0.717) is 31.5 Å². The molecule has 0 radical (unpaired) electrons. The molecule has 10 heteroatoms. The molecule has 2 rings (SSSR count). The molecule has 9 nitrogen and oxygen atoms in total. The van der Waals surface area contributed by atoms with Crippen LogP contribution in [0.2, 0.25) is 0 Å². The molecule has 0 aromatic heterocycles. The van der Waals surface area contributed by atoms with Crippen LogP contribution in [-0.4, -0.2) is 94.7 Å². The number of aliphatic imine (C=N–C) groups is 1. The smallest absolute Gasteiger partial charge is 0.234 e. The number of guanidine groups is 1. The van der Waals surface area contributed by atoms with Crippen molar-refractivity contribution in [3.05, 3.63) is 0 Å². The first-order chi connectivity index (χ1) is 13.3. The van der Waals surface area contributed by atoms with Gasteiger partial charge in [-0.2, -0.15) is 0 Å². The highest BCUT2D eigenvalue weighted by molar-refractivity contribution is 7.89. The number of hydrogen-bond donors (Lipinski definition) is 3. The van der Waals surface area contributed by atoms with Crippen LogP contribution in [0.15, 0.2) is 4.99 Å². The molecule has 162 valence electrons. The molecule has 3 N–H and O–H groups in total. The number of amides is 1. The molecule has 28 heavy (non-hydrogen) atoms. The van der Waals surface area contributed by atoms with E-state index in [4.69, 9.17) is 0 Å². The van der Waals surface area contributed by atoms with Crippen molar-refractivity contribution >= 4 is 21.9 Å². The molecule has 1 heterocycles. The fourth-order valence-corrected chi connectivity index (χ4v) is 4.34. The first-order valence-corrected chi connectivity index (χ1v) is 11.9. The van der Waals surface area contributed by atoms with Gasteiger partial charge in [0.25, 0.3) is 0 Å². The van der Waals surface area contributed by atoms with Crippen LogP contribution >= 0.6 is 0 Å². The number of nitrogens with one attached hydrogen (secondary N) is 3. The minimum Gasteiger partial charge on any atom is -0.355 e. The Hall–Kier alpha value is -1.39. The van der Waals surface area contributed by atoms with Gasteiger partial charge in [0.15, 0.2) is 5.96 Å². The van der Waals surface area contributed by atoms with E-state index in [9.17, 15) is 13.2 Å². The molecule has 1 aliphatic heterocycles. The number of hydrogen-bond acceptors (Lipinski definition) is 5. The van der Waals surface area contributed by atoms with Gasteiger partial charge in [0.1, 0.15) is 0 Å². The molecular weight excluding hydrogens is 380 g/mol. The maximum absolute atomic E-state index is 12.1. The lowest BCUT2D eigenvalue weighted by atomic mass is 9.86. The van der Waals surface area contributed by atoms with Crippen LogP contribution in [0.3, 0.4) is 0 Å². The molecule has 0 bridgehead atoms. The van der Waals surface area contributed by atoms with E-state index in [1.807, 2.05) is 13.8 Å². The number of piperazine rings is 1. The maximum atomic E-state index is 12.1.